The van der Waals surface area contributed by atoms with E-state index < -0.39 is 0 Å². The number of benzene rings is 2. The molecule has 1 aromatic heterocycles. The van der Waals surface area contributed by atoms with Crippen molar-refractivity contribution in [2.75, 3.05) is 5.32 Å². The number of carbonyl (C=O) groups excluding carboxylic acids is 1. The van der Waals surface area contributed by atoms with Crippen molar-refractivity contribution in [1.82, 2.24) is 4.57 Å². The topological polar surface area (TPSA) is 51.1 Å². The summed E-state index contributed by atoms with van der Waals surface area (Å²) in [5, 5.41) is 4.05. The second kappa shape index (κ2) is 7.78. The van der Waals surface area contributed by atoms with Crippen LogP contribution in [0.25, 0.3) is 10.9 Å². The number of nitrogens with one attached hydrogen (secondary N) is 1. The molecule has 27 heavy (non-hydrogen) atoms. The van der Waals surface area contributed by atoms with Crippen LogP contribution in [0.4, 0.5) is 5.69 Å². The predicted octanol–water partition coefficient (Wildman–Crippen LogP) is 4.52. The van der Waals surface area contributed by atoms with Gasteiger partial charge in [-0.15, -0.1) is 0 Å². The van der Waals surface area contributed by atoms with Crippen molar-refractivity contribution < 1.29 is 4.79 Å². The van der Waals surface area contributed by atoms with Gasteiger partial charge in [-0.05, 0) is 56.0 Å². The molecule has 4 nitrogen and oxygen atoms in total. The number of fused-ring (bicyclic) bond motifs is 1. The zero-order valence-corrected chi connectivity index (χ0v) is 16.4. The van der Waals surface area contributed by atoms with Gasteiger partial charge in [0.05, 0.1) is 5.52 Å². The molecular formula is C23H26N2O2. The Morgan fingerprint density at radius 3 is 2.52 bits per heavy atom. The number of aromatic nitrogens is 1. The quantitative estimate of drug-likeness (QED) is 0.725. The highest BCUT2D eigenvalue weighted by molar-refractivity contribution is 5.91. The molecule has 0 fully saturated rings. The van der Waals surface area contributed by atoms with E-state index in [0.29, 0.717) is 6.54 Å². The third-order valence-corrected chi connectivity index (χ3v) is 4.98. The molecule has 0 aliphatic heterocycles. The first-order chi connectivity index (χ1) is 12.9. The number of aryl methyl sites for hydroxylation is 5. The third kappa shape index (κ3) is 3.95. The van der Waals surface area contributed by atoms with Gasteiger partial charge < -0.3 is 9.88 Å². The van der Waals surface area contributed by atoms with Gasteiger partial charge in [0, 0.05) is 30.1 Å². The Balaban J connectivity index is 1.87. The Labute approximate surface area is 159 Å². The number of anilines is 1. The van der Waals surface area contributed by atoms with Gasteiger partial charge in [-0.25, -0.2) is 0 Å². The van der Waals surface area contributed by atoms with Crippen LogP contribution >= 0.6 is 0 Å². The van der Waals surface area contributed by atoms with Gasteiger partial charge in [0.25, 0.3) is 5.56 Å². The molecule has 0 saturated carbocycles. The molecular weight excluding hydrogens is 336 g/mol. The van der Waals surface area contributed by atoms with Crippen LogP contribution in [0.2, 0.25) is 0 Å². The minimum absolute atomic E-state index is 0.0614. The summed E-state index contributed by atoms with van der Waals surface area (Å²) in [5.74, 6) is -0.0821. The van der Waals surface area contributed by atoms with Crippen LogP contribution in [0.3, 0.4) is 0 Å². The molecule has 0 saturated heterocycles. The third-order valence-electron chi connectivity index (χ3n) is 4.98. The molecule has 0 radical (unpaired) electrons. The second-order valence-corrected chi connectivity index (χ2v) is 7.10. The summed E-state index contributed by atoms with van der Waals surface area (Å²) >= 11 is 0. The molecule has 1 N–H and O–H groups in total. The maximum Gasteiger partial charge on any atom is 0.251 e. The summed E-state index contributed by atoms with van der Waals surface area (Å²) in [7, 11) is 0. The van der Waals surface area contributed by atoms with Crippen molar-refractivity contribution in [2.24, 2.45) is 0 Å². The first-order valence-corrected chi connectivity index (χ1v) is 9.40. The Morgan fingerprint density at radius 1 is 1.04 bits per heavy atom. The van der Waals surface area contributed by atoms with Crippen LogP contribution in [0, 0.1) is 20.8 Å². The zero-order chi connectivity index (χ0) is 19.6. The number of hydrogen-bond donors (Lipinski definition) is 1. The highest BCUT2D eigenvalue weighted by Gasteiger charge is 2.12. The van der Waals surface area contributed by atoms with E-state index >= 15 is 0 Å². The first kappa shape index (κ1) is 18.9. The number of amides is 1. The number of nitrogens with zero attached hydrogens (tertiary/aromatic N) is 1. The molecule has 0 aliphatic rings. The lowest BCUT2D eigenvalue weighted by Crippen LogP contribution is -2.24. The average Bonchev–Trinajstić information content (AvgIpc) is 2.62. The molecule has 0 bridgehead atoms. The minimum Gasteiger partial charge on any atom is -0.326 e. The minimum atomic E-state index is -0.0821. The van der Waals surface area contributed by atoms with Gasteiger partial charge in [0.1, 0.15) is 0 Å². The average molecular weight is 362 g/mol. The summed E-state index contributed by atoms with van der Waals surface area (Å²) in [6.07, 6.45) is 1.11. The van der Waals surface area contributed by atoms with Crippen LogP contribution in [-0.2, 0) is 17.8 Å². The zero-order valence-electron chi connectivity index (χ0n) is 16.4. The van der Waals surface area contributed by atoms with E-state index in [1.54, 1.807) is 10.6 Å². The van der Waals surface area contributed by atoms with Gasteiger partial charge in [0.15, 0.2) is 0 Å². The van der Waals surface area contributed by atoms with E-state index in [-0.39, 0.29) is 17.9 Å². The van der Waals surface area contributed by atoms with Crippen LogP contribution in [-0.4, -0.2) is 10.5 Å². The van der Waals surface area contributed by atoms with Crippen molar-refractivity contribution in [1.29, 1.82) is 0 Å². The van der Waals surface area contributed by atoms with Crippen LogP contribution in [0.1, 0.15) is 35.6 Å². The van der Waals surface area contributed by atoms with E-state index in [4.69, 9.17) is 0 Å². The van der Waals surface area contributed by atoms with Gasteiger partial charge in [-0.2, -0.15) is 0 Å². The molecule has 3 rings (SSSR count). The van der Waals surface area contributed by atoms with Crippen molar-refractivity contribution >= 4 is 22.5 Å². The number of hydrogen-bond acceptors (Lipinski definition) is 2. The van der Waals surface area contributed by atoms with Crippen LogP contribution in [0.5, 0.6) is 0 Å². The lowest BCUT2D eigenvalue weighted by molar-refractivity contribution is -0.116. The largest absolute Gasteiger partial charge is 0.326 e. The Hall–Kier alpha value is -2.88. The Bertz CT molecular complexity index is 1060. The fraction of sp³-hybridized carbons (Fsp3) is 0.304. The van der Waals surface area contributed by atoms with Gasteiger partial charge in [-0.3, -0.25) is 9.59 Å². The van der Waals surface area contributed by atoms with Gasteiger partial charge in [0.2, 0.25) is 5.91 Å². The number of rotatable bonds is 5. The lowest BCUT2D eigenvalue weighted by atomic mass is 10.0. The van der Waals surface area contributed by atoms with Crippen molar-refractivity contribution in [3.63, 3.8) is 0 Å². The molecule has 1 amide bonds. The standard InChI is InChI=1S/C23H26N2O2/c1-5-18-8-6-7-9-20(18)24-21(26)10-11-25-22(27)14-16(3)19-13-15(2)12-17(4)23(19)25/h6-9,12-14H,5,10-11H2,1-4H3,(H,24,26). The molecule has 0 atom stereocenters. The molecule has 0 unspecified atom stereocenters. The molecule has 2 aromatic carbocycles. The SMILES string of the molecule is CCc1ccccc1NC(=O)CCn1c(=O)cc(C)c2cc(C)cc(C)c21. The van der Waals surface area contributed by atoms with Crippen LogP contribution in [0.15, 0.2) is 47.3 Å². The molecule has 0 aliphatic carbocycles. The van der Waals surface area contributed by atoms with Crippen molar-refractivity contribution in [3.05, 3.63) is 75.1 Å². The predicted molar refractivity (Wildman–Crippen MR) is 111 cm³/mol. The Kier molecular flexibility index (Phi) is 5.45. The Morgan fingerprint density at radius 2 is 1.78 bits per heavy atom. The normalized spacial score (nSPS) is 11.0. The maximum atomic E-state index is 12.6. The monoisotopic (exact) mass is 362 g/mol. The fourth-order valence-corrected chi connectivity index (χ4v) is 3.67. The van der Waals surface area contributed by atoms with E-state index in [0.717, 1.165) is 39.7 Å². The molecule has 4 heteroatoms. The van der Waals surface area contributed by atoms with Gasteiger partial charge >= 0.3 is 0 Å². The van der Waals surface area contributed by atoms with E-state index in [1.807, 2.05) is 38.1 Å². The highest BCUT2D eigenvalue weighted by Crippen LogP contribution is 2.23. The van der Waals surface area contributed by atoms with Crippen molar-refractivity contribution in [2.45, 2.75) is 47.1 Å². The number of para-hydroxylation sites is 1. The van der Waals surface area contributed by atoms with E-state index in [1.165, 1.54) is 5.56 Å². The molecule has 3 aromatic rings. The van der Waals surface area contributed by atoms with E-state index in [2.05, 4.69) is 31.3 Å². The summed E-state index contributed by atoms with van der Waals surface area (Å²) in [5.41, 5.74) is 6.01. The number of pyridine rings is 1. The maximum absolute atomic E-state index is 12.6. The second-order valence-electron chi connectivity index (χ2n) is 7.10. The summed E-state index contributed by atoms with van der Waals surface area (Å²) in [4.78, 5) is 25.1. The smallest absolute Gasteiger partial charge is 0.251 e. The molecule has 140 valence electrons. The highest BCUT2D eigenvalue weighted by atomic mass is 16.1. The fourth-order valence-electron chi connectivity index (χ4n) is 3.67. The molecule has 1 heterocycles. The summed E-state index contributed by atoms with van der Waals surface area (Å²) in [6, 6.07) is 13.7. The van der Waals surface area contributed by atoms with Crippen LogP contribution < -0.4 is 10.9 Å². The van der Waals surface area contributed by atoms with Crippen molar-refractivity contribution in [3.8, 4) is 0 Å². The summed E-state index contributed by atoms with van der Waals surface area (Å²) in [6.45, 7) is 8.46. The van der Waals surface area contributed by atoms with Gasteiger partial charge in [-0.1, -0.05) is 36.8 Å². The van der Waals surface area contributed by atoms with E-state index in [9.17, 15) is 9.59 Å². The lowest BCUT2D eigenvalue weighted by Gasteiger charge is -2.15. The first-order valence-electron chi connectivity index (χ1n) is 9.40. The number of carbonyl (C=O) groups is 1. The summed E-state index contributed by atoms with van der Waals surface area (Å²) < 4.78 is 1.72. The molecule has 0 spiro atoms.